The Hall–Kier alpha value is -2.28. The molecule has 3 rings (SSSR count). The van der Waals surface area contributed by atoms with Crippen molar-refractivity contribution in [1.82, 2.24) is 14.7 Å². The predicted molar refractivity (Wildman–Crippen MR) is 92.9 cm³/mol. The molecule has 122 valence electrons. The van der Waals surface area contributed by atoms with Crippen LogP contribution in [0.1, 0.15) is 5.56 Å². The predicted octanol–water partition coefficient (Wildman–Crippen LogP) is 3.28. The lowest BCUT2D eigenvalue weighted by molar-refractivity contribution is 0.581. The monoisotopic (exact) mass is 359 g/mol. The highest BCUT2D eigenvalue weighted by atomic mass is 35.5. The molecule has 0 bridgehead atoms. The van der Waals surface area contributed by atoms with E-state index in [2.05, 4.69) is 14.7 Å². The molecule has 0 saturated carbocycles. The van der Waals surface area contributed by atoms with Crippen molar-refractivity contribution in [2.45, 2.75) is 11.4 Å². The third-order valence-corrected chi connectivity index (χ3v) is 5.28. The summed E-state index contributed by atoms with van der Waals surface area (Å²) in [6.45, 7) is 0.142. The van der Waals surface area contributed by atoms with Crippen molar-refractivity contribution >= 4 is 21.6 Å². The molecular weight excluding hydrogens is 346 g/mol. The maximum Gasteiger partial charge on any atom is 0.242 e. The first-order chi connectivity index (χ1) is 11.6. The van der Waals surface area contributed by atoms with E-state index in [1.54, 1.807) is 42.9 Å². The van der Waals surface area contributed by atoms with Gasteiger partial charge in [0.15, 0.2) is 0 Å². The Balaban J connectivity index is 1.79. The fourth-order valence-electron chi connectivity index (χ4n) is 2.18. The molecule has 0 amide bonds. The van der Waals surface area contributed by atoms with Gasteiger partial charge in [-0.15, -0.1) is 0 Å². The average Bonchev–Trinajstić information content (AvgIpc) is 2.61. The van der Waals surface area contributed by atoms with Crippen LogP contribution in [0.25, 0.3) is 11.3 Å². The van der Waals surface area contributed by atoms with Crippen LogP contribution >= 0.6 is 11.6 Å². The fraction of sp³-hybridized carbons (Fsp3) is 0.0588. The van der Waals surface area contributed by atoms with Crippen LogP contribution in [0.3, 0.4) is 0 Å². The maximum atomic E-state index is 12.4. The highest BCUT2D eigenvalue weighted by Gasteiger charge is 2.17. The summed E-state index contributed by atoms with van der Waals surface area (Å²) in [5.41, 5.74) is 2.39. The molecule has 0 fully saturated rings. The highest BCUT2D eigenvalue weighted by Crippen LogP contribution is 2.21. The highest BCUT2D eigenvalue weighted by molar-refractivity contribution is 7.89. The molecule has 0 aliphatic carbocycles. The zero-order valence-electron chi connectivity index (χ0n) is 12.6. The van der Waals surface area contributed by atoms with Gasteiger partial charge in [-0.05, 0) is 42.0 Å². The Kier molecular flexibility index (Phi) is 4.89. The summed E-state index contributed by atoms with van der Waals surface area (Å²) in [5, 5.41) is 0.191. The molecule has 24 heavy (non-hydrogen) atoms. The van der Waals surface area contributed by atoms with E-state index in [-0.39, 0.29) is 16.5 Å². The first kappa shape index (κ1) is 16.6. The van der Waals surface area contributed by atoms with Crippen LogP contribution in [0.15, 0.2) is 72.0 Å². The van der Waals surface area contributed by atoms with Crippen LogP contribution in [-0.2, 0) is 16.6 Å². The standard InChI is InChI=1S/C17H14ClN3O2S/c18-15-5-1-2-6-17(15)24(22,23)21-11-13-7-9-20-16(10-13)14-4-3-8-19-12-14/h1-10,12,21H,11H2. The molecule has 5 nitrogen and oxygen atoms in total. The topological polar surface area (TPSA) is 72.0 Å². The summed E-state index contributed by atoms with van der Waals surface area (Å²) in [6.07, 6.45) is 5.03. The van der Waals surface area contributed by atoms with E-state index in [0.717, 1.165) is 16.8 Å². The number of aromatic nitrogens is 2. The van der Waals surface area contributed by atoms with Gasteiger partial charge in [-0.3, -0.25) is 9.97 Å². The Labute approximate surface area is 145 Å². The number of pyridine rings is 2. The van der Waals surface area contributed by atoms with Gasteiger partial charge >= 0.3 is 0 Å². The molecule has 0 spiro atoms. The largest absolute Gasteiger partial charge is 0.264 e. The first-order valence-electron chi connectivity index (χ1n) is 7.16. The number of rotatable bonds is 5. The first-order valence-corrected chi connectivity index (χ1v) is 9.02. The van der Waals surface area contributed by atoms with E-state index < -0.39 is 10.0 Å². The molecule has 2 heterocycles. The van der Waals surface area contributed by atoms with Crippen LogP contribution in [0.5, 0.6) is 0 Å². The Morgan fingerprint density at radius 3 is 2.62 bits per heavy atom. The number of sulfonamides is 1. The minimum atomic E-state index is -3.68. The van der Waals surface area contributed by atoms with E-state index in [1.165, 1.54) is 6.07 Å². The molecule has 0 radical (unpaired) electrons. The van der Waals surface area contributed by atoms with Crippen LogP contribution in [0, 0.1) is 0 Å². The Morgan fingerprint density at radius 1 is 1.04 bits per heavy atom. The molecule has 0 atom stereocenters. The summed E-state index contributed by atoms with van der Waals surface area (Å²) >= 11 is 5.96. The number of hydrogen-bond donors (Lipinski definition) is 1. The SMILES string of the molecule is O=S(=O)(NCc1ccnc(-c2cccnc2)c1)c1ccccc1Cl. The van der Waals surface area contributed by atoms with Crippen LogP contribution in [0.2, 0.25) is 5.02 Å². The Bertz CT molecular complexity index is 947. The van der Waals surface area contributed by atoms with E-state index in [1.807, 2.05) is 18.2 Å². The smallest absolute Gasteiger partial charge is 0.242 e. The quantitative estimate of drug-likeness (QED) is 0.758. The van der Waals surface area contributed by atoms with Crippen molar-refractivity contribution in [2.24, 2.45) is 0 Å². The average molecular weight is 360 g/mol. The number of hydrogen-bond acceptors (Lipinski definition) is 4. The van der Waals surface area contributed by atoms with Crippen molar-refractivity contribution in [3.63, 3.8) is 0 Å². The second-order valence-corrected chi connectivity index (χ2v) is 7.19. The lowest BCUT2D eigenvalue weighted by Gasteiger charge is -2.09. The van der Waals surface area contributed by atoms with Gasteiger partial charge in [0.1, 0.15) is 4.90 Å². The van der Waals surface area contributed by atoms with Gasteiger partial charge in [-0.25, -0.2) is 13.1 Å². The van der Waals surface area contributed by atoms with E-state index in [4.69, 9.17) is 11.6 Å². The molecule has 0 aliphatic rings. The maximum absolute atomic E-state index is 12.4. The summed E-state index contributed by atoms with van der Waals surface area (Å²) in [4.78, 5) is 8.41. The summed E-state index contributed by atoms with van der Waals surface area (Å²) < 4.78 is 27.3. The van der Waals surface area contributed by atoms with Gasteiger partial charge in [0.05, 0.1) is 10.7 Å². The number of nitrogens with one attached hydrogen (secondary N) is 1. The van der Waals surface area contributed by atoms with Crippen LogP contribution in [0.4, 0.5) is 0 Å². The van der Waals surface area contributed by atoms with Crippen LogP contribution < -0.4 is 4.72 Å². The molecule has 1 aromatic carbocycles. The van der Waals surface area contributed by atoms with Crippen molar-refractivity contribution < 1.29 is 8.42 Å². The molecule has 0 aliphatic heterocycles. The second kappa shape index (κ2) is 7.09. The number of nitrogens with zero attached hydrogens (tertiary/aromatic N) is 2. The molecule has 2 aromatic heterocycles. The molecular formula is C17H14ClN3O2S. The van der Waals surface area contributed by atoms with Crippen molar-refractivity contribution in [1.29, 1.82) is 0 Å². The minimum Gasteiger partial charge on any atom is -0.264 e. The normalized spacial score (nSPS) is 11.4. The molecule has 1 N–H and O–H groups in total. The van der Waals surface area contributed by atoms with Gasteiger partial charge in [0.25, 0.3) is 0 Å². The fourth-order valence-corrected chi connectivity index (χ4v) is 3.71. The van der Waals surface area contributed by atoms with Crippen molar-refractivity contribution in [2.75, 3.05) is 0 Å². The van der Waals surface area contributed by atoms with Gasteiger partial charge in [-0.1, -0.05) is 23.7 Å². The Morgan fingerprint density at radius 2 is 1.88 bits per heavy atom. The van der Waals surface area contributed by atoms with Crippen LogP contribution in [-0.4, -0.2) is 18.4 Å². The molecule has 7 heteroatoms. The zero-order chi connectivity index (χ0) is 17.0. The van der Waals surface area contributed by atoms with E-state index >= 15 is 0 Å². The lowest BCUT2D eigenvalue weighted by Crippen LogP contribution is -2.23. The number of benzene rings is 1. The lowest BCUT2D eigenvalue weighted by atomic mass is 10.1. The second-order valence-electron chi connectivity index (χ2n) is 5.05. The summed E-state index contributed by atoms with van der Waals surface area (Å²) in [7, 11) is -3.68. The van der Waals surface area contributed by atoms with Gasteiger partial charge in [0.2, 0.25) is 10.0 Å². The van der Waals surface area contributed by atoms with Crippen molar-refractivity contribution in [3.05, 3.63) is 77.7 Å². The molecule has 0 saturated heterocycles. The number of halogens is 1. The van der Waals surface area contributed by atoms with Crippen molar-refractivity contribution in [3.8, 4) is 11.3 Å². The van der Waals surface area contributed by atoms with Gasteiger partial charge in [-0.2, -0.15) is 0 Å². The van der Waals surface area contributed by atoms with Gasteiger partial charge in [0, 0.05) is 30.7 Å². The summed E-state index contributed by atoms with van der Waals surface area (Å²) in [6, 6.07) is 13.6. The summed E-state index contributed by atoms with van der Waals surface area (Å²) in [5.74, 6) is 0. The molecule has 3 aromatic rings. The third-order valence-electron chi connectivity index (χ3n) is 3.37. The third kappa shape index (κ3) is 3.79. The zero-order valence-corrected chi connectivity index (χ0v) is 14.1. The minimum absolute atomic E-state index is 0.0632. The molecule has 0 unspecified atom stereocenters. The van der Waals surface area contributed by atoms with E-state index in [9.17, 15) is 8.42 Å². The van der Waals surface area contributed by atoms with Gasteiger partial charge < -0.3 is 0 Å². The van der Waals surface area contributed by atoms with E-state index in [0.29, 0.717) is 0 Å².